The van der Waals surface area contributed by atoms with Crippen molar-refractivity contribution in [1.82, 2.24) is 14.9 Å². The first-order valence-corrected chi connectivity index (χ1v) is 20.3. The van der Waals surface area contributed by atoms with Gasteiger partial charge >= 0.3 is 0 Å². The van der Waals surface area contributed by atoms with Gasteiger partial charge in [0.1, 0.15) is 5.82 Å². The number of amides is 1. The van der Waals surface area contributed by atoms with Crippen molar-refractivity contribution in [3.05, 3.63) is 58.6 Å². The van der Waals surface area contributed by atoms with Gasteiger partial charge in [0, 0.05) is 24.2 Å². The number of hydrogen-bond acceptors (Lipinski definition) is 4. The van der Waals surface area contributed by atoms with Crippen molar-refractivity contribution in [2.75, 3.05) is 6.54 Å². The monoisotopic (exact) mass is 694 g/mol. The molecule has 1 N–H and O–H groups in total. The molecular weight excluding hydrogens is 633 g/mol. The minimum absolute atomic E-state index is 0.0722. The summed E-state index contributed by atoms with van der Waals surface area (Å²) < 4.78 is 0. The Balaban J connectivity index is 1.10. The number of fused-ring (bicyclic) bond motifs is 7. The van der Waals surface area contributed by atoms with Crippen molar-refractivity contribution < 1.29 is 9.72 Å². The van der Waals surface area contributed by atoms with E-state index < -0.39 is 0 Å². The number of nitro groups is 1. The number of nitro benzene ring substituents is 1. The van der Waals surface area contributed by atoms with Crippen LogP contribution < -0.4 is 0 Å². The molecule has 5 saturated carbocycles. The molecule has 1 aromatic heterocycles. The molecule has 11 atom stereocenters. The lowest BCUT2D eigenvalue weighted by Gasteiger charge is -2.73. The van der Waals surface area contributed by atoms with Crippen LogP contribution in [0.1, 0.15) is 137 Å². The number of H-pyrrole nitrogens is 1. The van der Waals surface area contributed by atoms with Crippen LogP contribution in [-0.4, -0.2) is 32.2 Å². The van der Waals surface area contributed by atoms with E-state index in [4.69, 9.17) is 4.98 Å². The third kappa shape index (κ3) is 4.80. The van der Waals surface area contributed by atoms with Crippen LogP contribution in [0.25, 0.3) is 11.3 Å². The molecule has 1 aliphatic heterocycles. The summed E-state index contributed by atoms with van der Waals surface area (Å²) in [5.74, 6) is 4.82. The van der Waals surface area contributed by atoms with E-state index in [2.05, 4.69) is 64.9 Å². The molecule has 0 radical (unpaired) electrons. The van der Waals surface area contributed by atoms with Crippen molar-refractivity contribution in [2.24, 2.45) is 62.6 Å². The molecule has 1 saturated heterocycles. The normalized spacial score (nSPS) is 42.7. The van der Waals surface area contributed by atoms with Crippen LogP contribution in [-0.2, 0) is 4.79 Å². The maximum Gasteiger partial charge on any atom is 0.269 e. The fourth-order valence-corrected chi connectivity index (χ4v) is 14.7. The zero-order valence-electron chi connectivity index (χ0n) is 32.4. The summed E-state index contributed by atoms with van der Waals surface area (Å²) in [5, 5.41) is 11.2. The van der Waals surface area contributed by atoms with Gasteiger partial charge in [0.05, 0.1) is 28.3 Å². The van der Waals surface area contributed by atoms with Crippen molar-refractivity contribution in [1.29, 1.82) is 0 Å². The number of rotatable bonds is 5. The number of carbonyl (C=O) groups is 1. The lowest BCUT2D eigenvalue weighted by molar-refractivity contribution is -0.384. The van der Waals surface area contributed by atoms with Crippen molar-refractivity contribution in [3.63, 3.8) is 0 Å². The molecule has 0 unspecified atom stereocenters. The van der Waals surface area contributed by atoms with Crippen LogP contribution in [0.15, 0.2) is 42.6 Å². The number of nitrogens with one attached hydrogen (secondary N) is 1. The maximum atomic E-state index is 15.4. The van der Waals surface area contributed by atoms with E-state index in [1.54, 1.807) is 12.1 Å². The van der Waals surface area contributed by atoms with Gasteiger partial charge in [-0.25, -0.2) is 4.98 Å². The van der Waals surface area contributed by atoms with E-state index >= 15 is 4.79 Å². The number of likely N-dealkylation sites (tertiary alicyclic amines) is 1. The summed E-state index contributed by atoms with van der Waals surface area (Å²) in [6, 6.07) is 6.53. The Bertz CT molecular complexity index is 1730. The topological polar surface area (TPSA) is 92.1 Å². The van der Waals surface area contributed by atoms with Gasteiger partial charge in [-0.1, -0.05) is 53.7 Å². The number of allylic oxidation sites excluding steroid dienone is 1. The van der Waals surface area contributed by atoms with Gasteiger partial charge < -0.3 is 9.88 Å². The van der Waals surface area contributed by atoms with E-state index in [9.17, 15) is 10.1 Å². The molecule has 2 aromatic rings. The first-order valence-electron chi connectivity index (χ1n) is 20.3. The van der Waals surface area contributed by atoms with Crippen molar-refractivity contribution in [3.8, 4) is 11.3 Å². The third-order valence-electron chi connectivity index (χ3n) is 17.9. The summed E-state index contributed by atoms with van der Waals surface area (Å²) in [7, 11) is 0. The number of hydrogen-bond donors (Lipinski definition) is 1. The average molecular weight is 695 g/mol. The second kappa shape index (κ2) is 11.8. The SMILES string of the molecule is C=C(C)[C@@H]1CC[C@]2(C(=O)N3CCC[C@H]3c3ncc(-c4ccc([N+](=O)[O-])cc4)[nH]3)CC[C@]3(C)[C@H](CC[C@@H]4[C@@]5(C)CC[C@H](C)C(C)(C)[C@@H]5CC[C@]43C)[C@@H]12. The van der Waals surface area contributed by atoms with Crippen molar-refractivity contribution in [2.45, 2.75) is 132 Å². The lowest BCUT2D eigenvalue weighted by Crippen LogP contribution is -2.67. The van der Waals surface area contributed by atoms with Crippen LogP contribution in [0.5, 0.6) is 0 Å². The van der Waals surface area contributed by atoms with Crippen LogP contribution in [0.3, 0.4) is 0 Å². The summed E-state index contributed by atoms with van der Waals surface area (Å²) in [4.78, 5) is 36.8. The first-order chi connectivity index (χ1) is 24.1. The third-order valence-corrected chi connectivity index (χ3v) is 17.9. The van der Waals surface area contributed by atoms with Gasteiger partial charge in [-0.3, -0.25) is 14.9 Å². The summed E-state index contributed by atoms with van der Waals surface area (Å²) in [6.45, 7) is 23.4. The number of aromatic nitrogens is 2. The summed E-state index contributed by atoms with van der Waals surface area (Å²) >= 11 is 0. The molecule has 7 nitrogen and oxygen atoms in total. The van der Waals surface area contributed by atoms with Crippen LogP contribution >= 0.6 is 0 Å². The van der Waals surface area contributed by atoms with Crippen molar-refractivity contribution >= 4 is 11.6 Å². The highest BCUT2D eigenvalue weighted by Crippen LogP contribution is 2.78. The predicted molar refractivity (Wildman–Crippen MR) is 202 cm³/mol. The smallest absolute Gasteiger partial charge is 0.269 e. The van der Waals surface area contributed by atoms with Gasteiger partial charge in [0.15, 0.2) is 0 Å². The summed E-state index contributed by atoms with van der Waals surface area (Å²) in [6.07, 6.45) is 15.9. The summed E-state index contributed by atoms with van der Waals surface area (Å²) in [5.41, 5.74) is 3.99. The second-order valence-electron chi connectivity index (χ2n) is 19.7. The van der Waals surface area contributed by atoms with Crippen LogP contribution in [0, 0.1) is 72.7 Å². The molecule has 6 aliphatic rings. The Labute approximate surface area is 306 Å². The fourth-order valence-electron chi connectivity index (χ4n) is 14.7. The molecule has 2 heterocycles. The Hall–Kier alpha value is -2.96. The van der Waals surface area contributed by atoms with Crippen LogP contribution in [0.4, 0.5) is 5.69 Å². The van der Waals surface area contributed by atoms with Gasteiger partial charge in [0.25, 0.3) is 5.69 Å². The van der Waals surface area contributed by atoms with Gasteiger partial charge in [0.2, 0.25) is 5.91 Å². The number of benzene rings is 1. The zero-order valence-corrected chi connectivity index (χ0v) is 32.4. The van der Waals surface area contributed by atoms with E-state index in [0.29, 0.717) is 34.5 Å². The molecule has 1 aromatic carbocycles. The molecule has 276 valence electrons. The molecule has 8 rings (SSSR count). The highest BCUT2D eigenvalue weighted by Gasteiger charge is 2.72. The standard InChI is InChI=1S/C44H62N4O3/c1-27(2)31-18-22-44(39(49)47-25-9-10-34(47)38-45-26-33(46-38)29-11-13-30(14-12-29)48(50)51)24-23-42(7)32(37(31)44)15-16-36-41(6)20-17-28(3)40(4,5)35(41)19-21-43(36,42)8/h11-14,26,28,31-32,34-37H,1,9-10,15-25H2,2-8H3,(H,45,46)/t28-,31-,32+,34-,35-,36+,37+,41-,42+,43+,44-/m0/s1. The Morgan fingerprint density at radius 1 is 0.922 bits per heavy atom. The largest absolute Gasteiger partial charge is 0.340 e. The number of imidazole rings is 1. The maximum absolute atomic E-state index is 15.4. The number of aromatic amines is 1. The molecule has 5 aliphatic carbocycles. The average Bonchev–Trinajstić information content (AvgIpc) is 3.86. The number of non-ortho nitro benzene ring substituents is 1. The molecule has 6 fully saturated rings. The molecule has 7 heteroatoms. The molecule has 51 heavy (non-hydrogen) atoms. The number of carbonyl (C=O) groups excluding carboxylic acids is 1. The van der Waals surface area contributed by atoms with Gasteiger partial charge in [-0.05, 0) is 153 Å². The first kappa shape index (κ1) is 35.1. The van der Waals surface area contributed by atoms with E-state index in [1.807, 2.05) is 6.20 Å². The second-order valence-corrected chi connectivity index (χ2v) is 19.7. The number of nitrogens with zero attached hydrogens (tertiary/aromatic N) is 3. The van der Waals surface area contributed by atoms with Gasteiger partial charge in [-0.15, -0.1) is 0 Å². The minimum Gasteiger partial charge on any atom is -0.340 e. The molecule has 0 bridgehead atoms. The van der Waals surface area contributed by atoms with E-state index in [0.717, 1.165) is 79.9 Å². The quantitative estimate of drug-likeness (QED) is 0.192. The fraction of sp³-hybridized carbons (Fsp3) is 0.727. The Kier molecular flexibility index (Phi) is 8.10. The van der Waals surface area contributed by atoms with Crippen LogP contribution in [0.2, 0.25) is 0 Å². The molecular formula is C44H62N4O3. The predicted octanol–water partition coefficient (Wildman–Crippen LogP) is 10.9. The highest BCUT2D eigenvalue weighted by molar-refractivity contribution is 5.84. The Morgan fingerprint density at radius 3 is 2.37 bits per heavy atom. The molecule has 1 amide bonds. The lowest BCUT2D eigenvalue weighted by atomic mass is 9.32. The minimum atomic E-state index is -0.374. The Morgan fingerprint density at radius 2 is 1.67 bits per heavy atom. The highest BCUT2D eigenvalue weighted by atomic mass is 16.6. The zero-order chi connectivity index (χ0) is 36.3. The van der Waals surface area contributed by atoms with E-state index in [1.165, 1.54) is 56.2 Å². The van der Waals surface area contributed by atoms with E-state index in [-0.39, 0.29) is 32.9 Å². The molecule has 0 spiro atoms. The van der Waals surface area contributed by atoms with Gasteiger partial charge in [-0.2, -0.15) is 0 Å².